The predicted molar refractivity (Wildman–Crippen MR) is 143 cm³/mol. The Bertz CT molecular complexity index is 1440. The number of carbonyl (C=O) groups is 1. The molecule has 0 N–H and O–H groups in total. The summed E-state index contributed by atoms with van der Waals surface area (Å²) in [5.74, 6) is 0.704. The Kier molecular flexibility index (Phi) is 7.89. The number of fused-ring (bicyclic) bond motifs is 1. The lowest BCUT2D eigenvalue weighted by molar-refractivity contribution is -0.139. The number of thiazole rings is 1. The zero-order chi connectivity index (χ0) is 25.8. The number of benzene rings is 2. The largest absolute Gasteiger partial charge is 0.497 e. The molecule has 188 valence electrons. The van der Waals surface area contributed by atoms with Crippen molar-refractivity contribution in [1.82, 2.24) is 4.57 Å². The first kappa shape index (κ1) is 25.6. The molecule has 0 bridgehead atoms. The molecular formula is C29H32N2O4S. The second kappa shape index (κ2) is 11.1. The van der Waals surface area contributed by atoms with Crippen LogP contribution in [0.3, 0.4) is 0 Å². The standard InChI is InChI=1S/C29H32N2O4S/c1-6-8-23-25(28(33)35-7-2)26(21-13-11-20(12-14-21)18(3)4)31-27(32)24(36-29(31)30-23)17-19-9-15-22(34-5)16-10-19/h9-18,26H,6-8H2,1-5H3/b24-17-/t26-/m0/s1. The van der Waals surface area contributed by atoms with Gasteiger partial charge in [0.2, 0.25) is 0 Å². The second-order valence-corrected chi connectivity index (χ2v) is 10.0. The van der Waals surface area contributed by atoms with Gasteiger partial charge in [-0.05, 0) is 54.2 Å². The van der Waals surface area contributed by atoms with E-state index in [1.165, 1.54) is 16.9 Å². The van der Waals surface area contributed by atoms with E-state index in [0.29, 0.717) is 32.9 Å². The average Bonchev–Trinajstić information content (AvgIpc) is 3.18. The molecule has 1 aliphatic rings. The summed E-state index contributed by atoms with van der Waals surface area (Å²) in [5.41, 5.74) is 3.90. The zero-order valence-corrected chi connectivity index (χ0v) is 22.2. The van der Waals surface area contributed by atoms with Crippen LogP contribution in [-0.2, 0) is 9.53 Å². The second-order valence-electron chi connectivity index (χ2n) is 9.01. The number of esters is 1. The van der Waals surface area contributed by atoms with Crippen LogP contribution in [0.5, 0.6) is 5.75 Å². The Morgan fingerprint density at radius 1 is 1.11 bits per heavy atom. The summed E-state index contributed by atoms with van der Waals surface area (Å²) in [6, 6.07) is 15.1. The van der Waals surface area contributed by atoms with Crippen LogP contribution in [0, 0.1) is 0 Å². The number of methoxy groups -OCH3 is 1. The van der Waals surface area contributed by atoms with E-state index in [1.807, 2.05) is 42.5 Å². The smallest absolute Gasteiger partial charge is 0.338 e. The molecule has 3 aromatic rings. The summed E-state index contributed by atoms with van der Waals surface area (Å²) in [5, 5.41) is 0. The van der Waals surface area contributed by atoms with Gasteiger partial charge in [-0.2, -0.15) is 0 Å². The highest BCUT2D eigenvalue weighted by Gasteiger charge is 2.34. The van der Waals surface area contributed by atoms with Crippen LogP contribution in [0.1, 0.15) is 69.2 Å². The minimum absolute atomic E-state index is 0.176. The van der Waals surface area contributed by atoms with E-state index in [9.17, 15) is 9.59 Å². The van der Waals surface area contributed by atoms with E-state index >= 15 is 0 Å². The summed E-state index contributed by atoms with van der Waals surface area (Å²) in [7, 11) is 1.62. The van der Waals surface area contributed by atoms with Gasteiger partial charge in [-0.25, -0.2) is 9.79 Å². The molecule has 0 amide bonds. The van der Waals surface area contributed by atoms with Crippen LogP contribution in [0.2, 0.25) is 0 Å². The Labute approximate surface area is 215 Å². The highest BCUT2D eigenvalue weighted by molar-refractivity contribution is 7.07. The van der Waals surface area contributed by atoms with Crippen molar-refractivity contribution in [2.45, 2.75) is 52.5 Å². The number of hydrogen-bond acceptors (Lipinski definition) is 6. The van der Waals surface area contributed by atoms with Crippen LogP contribution in [0.15, 0.2) is 69.6 Å². The van der Waals surface area contributed by atoms with E-state index in [0.717, 1.165) is 23.3 Å². The number of hydrogen-bond donors (Lipinski definition) is 0. The highest BCUT2D eigenvalue weighted by Crippen LogP contribution is 2.33. The lowest BCUT2D eigenvalue weighted by atomic mass is 9.92. The van der Waals surface area contributed by atoms with Gasteiger partial charge in [0.1, 0.15) is 5.75 Å². The van der Waals surface area contributed by atoms with Crippen molar-refractivity contribution in [3.05, 3.63) is 96.2 Å². The Balaban J connectivity index is 1.94. The van der Waals surface area contributed by atoms with E-state index in [2.05, 4.69) is 32.9 Å². The molecule has 1 aliphatic heterocycles. The average molecular weight is 505 g/mol. The molecule has 4 rings (SSSR count). The first-order valence-corrected chi connectivity index (χ1v) is 13.1. The first-order valence-electron chi connectivity index (χ1n) is 12.3. The molecule has 1 atom stereocenters. The van der Waals surface area contributed by atoms with Crippen molar-refractivity contribution in [3.63, 3.8) is 0 Å². The molecule has 0 fully saturated rings. The number of nitrogens with zero attached hydrogens (tertiary/aromatic N) is 2. The van der Waals surface area contributed by atoms with Crippen LogP contribution in [0.4, 0.5) is 0 Å². The maximum absolute atomic E-state index is 13.8. The number of carbonyl (C=O) groups excluding carboxylic acids is 1. The van der Waals surface area contributed by atoms with Gasteiger partial charge in [0.25, 0.3) is 5.56 Å². The van der Waals surface area contributed by atoms with Gasteiger partial charge >= 0.3 is 5.97 Å². The fraction of sp³-hybridized carbons (Fsp3) is 0.345. The van der Waals surface area contributed by atoms with E-state index in [1.54, 1.807) is 18.6 Å². The quantitative estimate of drug-likeness (QED) is 0.417. The predicted octanol–water partition coefficient (Wildman–Crippen LogP) is 4.71. The van der Waals surface area contributed by atoms with Crippen molar-refractivity contribution >= 4 is 23.4 Å². The molecule has 0 aliphatic carbocycles. The summed E-state index contributed by atoms with van der Waals surface area (Å²) in [6.45, 7) is 8.37. The molecule has 0 radical (unpaired) electrons. The minimum atomic E-state index is -0.596. The fourth-order valence-corrected chi connectivity index (χ4v) is 5.37. The van der Waals surface area contributed by atoms with Crippen LogP contribution >= 0.6 is 11.3 Å². The number of ether oxygens (including phenoxy) is 2. The Hall–Kier alpha value is -3.45. The molecule has 7 heteroatoms. The van der Waals surface area contributed by atoms with Gasteiger partial charge in [-0.15, -0.1) is 0 Å². The van der Waals surface area contributed by atoms with Crippen molar-refractivity contribution in [2.75, 3.05) is 13.7 Å². The molecule has 1 aromatic heterocycles. The lowest BCUT2D eigenvalue weighted by Gasteiger charge is -2.26. The van der Waals surface area contributed by atoms with Crippen molar-refractivity contribution in [1.29, 1.82) is 0 Å². The molecule has 6 nitrogen and oxygen atoms in total. The molecule has 36 heavy (non-hydrogen) atoms. The van der Waals surface area contributed by atoms with Gasteiger partial charge < -0.3 is 9.47 Å². The molecule has 0 unspecified atom stereocenters. The van der Waals surface area contributed by atoms with E-state index in [4.69, 9.17) is 14.5 Å². The fourth-order valence-electron chi connectivity index (χ4n) is 4.35. The highest BCUT2D eigenvalue weighted by atomic mass is 32.1. The summed E-state index contributed by atoms with van der Waals surface area (Å²) >= 11 is 1.34. The van der Waals surface area contributed by atoms with Crippen LogP contribution in [-0.4, -0.2) is 24.3 Å². The maximum Gasteiger partial charge on any atom is 0.338 e. The van der Waals surface area contributed by atoms with Gasteiger partial charge in [-0.1, -0.05) is 74.9 Å². The van der Waals surface area contributed by atoms with Crippen molar-refractivity contribution in [2.24, 2.45) is 4.99 Å². The SMILES string of the molecule is CCCC1=C(C(=O)OCC)[C@H](c2ccc(C(C)C)cc2)n2c(s/c(=C\c3ccc(OC)cc3)c2=O)=N1. The van der Waals surface area contributed by atoms with Crippen LogP contribution in [0.25, 0.3) is 6.08 Å². The Morgan fingerprint density at radius 3 is 2.39 bits per heavy atom. The number of aromatic nitrogens is 1. The third-order valence-corrected chi connectivity index (χ3v) is 7.21. The van der Waals surface area contributed by atoms with E-state index in [-0.39, 0.29) is 12.2 Å². The molecular weight excluding hydrogens is 472 g/mol. The van der Waals surface area contributed by atoms with Crippen molar-refractivity contribution in [3.8, 4) is 5.75 Å². The molecule has 0 saturated heterocycles. The summed E-state index contributed by atoms with van der Waals surface area (Å²) in [4.78, 5) is 32.4. The third kappa shape index (κ3) is 5.07. The normalized spacial score (nSPS) is 15.6. The van der Waals surface area contributed by atoms with Gasteiger partial charge in [0, 0.05) is 0 Å². The number of allylic oxidation sites excluding steroid dienone is 1. The number of rotatable bonds is 8. The van der Waals surface area contributed by atoms with Gasteiger partial charge in [0.15, 0.2) is 4.80 Å². The third-order valence-electron chi connectivity index (χ3n) is 6.22. The maximum atomic E-state index is 13.8. The van der Waals surface area contributed by atoms with Crippen molar-refractivity contribution < 1.29 is 14.3 Å². The topological polar surface area (TPSA) is 69.9 Å². The zero-order valence-electron chi connectivity index (χ0n) is 21.4. The van der Waals surface area contributed by atoms with Gasteiger partial charge in [-0.3, -0.25) is 9.36 Å². The van der Waals surface area contributed by atoms with E-state index < -0.39 is 12.0 Å². The van der Waals surface area contributed by atoms with Crippen LogP contribution < -0.4 is 19.6 Å². The van der Waals surface area contributed by atoms with Gasteiger partial charge in [0.05, 0.1) is 35.6 Å². The summed E-state index contributed by atoms with van der Waals surface area (Å²) in [6.07, 6.45) is 3.30. The lowest BCUT2D eigenvalue weighted by Crippen LogP contribution is -2.40. The molecule has 0 saturated carbocycles. The minimum Gasteiger partial charge on any atom is -0.497 e. The first-order chi connectivity index (χ1) is 17.4. The molecule has 2 heterocycles. The Morgan fingerprint density at radius 2 is 1.81 bits per heavy atom. The molecule has 0 spiro atoms. The monoisotopic (exact) mass is 504 g/mol. The summed E-state index contributed by atoms with van der Waals surface area (Å²) < 4.78 is 12.9. The molecule has 2 aromatic carbocycles.